The number of hydrogen-bond donors (Lipinski definition) is 3. The number of amides is 2. The Morgan fingerprint density at radius 2 is 1.75 bits per heavy atom. The minimum absolute atomic E-state index is 0.0234. The second kappa shape index (κ2) is 14.9. The van der Waals surface area contributed by atoms with Gasteiger partial charge in [0, 0.05) is 30.8 Å². The topological polar surface area (TPSA) is 171 Å². The van der Waals surface area contributed by atoms with Crippen molar-refractivity contribution in [2.24, 2.45) is 0 Å². The van der Waals surface area contributed by atoms with E-state index in [0.29, 0.717) is 29.9 Å². The largest absolute Gasteiger partial charge is 0.527 e. The van der Waals surface area contributed by atoms with Crippen molar-refractivity contribution < 1.29 is 39.0 Å². The van der Waals surface area contributed by atoms with Crippen LogP contribution in [0.2, 0.25) is 0 Å². The fourth-order valence-corrected chi connectivity index (χ4v) is 4.04. The molecule has 2 atom stereocenters. The van der Waals surface area contributed by atoms with Gasteiger partial charge in [-0.05, 0) is 39.2 Å². The monoisotopic (exact) mass is 557 g/mol. The average molecular weight is 558 g/mol. The van der Waals surface area contributed by atoms with Gasteiger partial charge in [-0.1, -0.05) is 30.3 Å². The van der Waals surface area contributed by atoms with Gasteiger partial charge >= 0.3 is 12.1 Å². The van der Waals surface area contributed by atoms with Crippen LogP contribution in [-0.4, -0.2) is 99.0 Å². The molecule has 2 heterocycles. The fourth-order valence-electron chi connectivity index (χ4n) is 4.04. The molecule has 40 heavy (non-hydrogen) atoms. The minimum Gasteiger partial charge on any atom is -0.481 e. The molecule has 0 bridgehead atoms. The number of ether oxygens (including phenoxy) is 1. The van der Waals surface area contributed by atoms with Crippen LogP contribution in [0.5, 0.6) is 0 Å². The molecule has 1 aromatic carbocycles. The van der Waals surface area contributed by atoms with Crippen molar-refractivity contribution >= 4 is 23.9 Å². The van der Waals surface area contributed by atoms with Crippen LogP contribution < -0.4 is 5.32 Å². The van der Waals surface area contributed by atoms with Crippen molar-refractivity contribution in [2.45, 2.75) is 51.7 Å². The summed E-state index contributed by atoms with van der Waals surface area (Å²) in [5.41, 5.74) is 1.26. The SMILES string of the molecule is CCOC(=O)ON1CCN(C(=O)C(CCC(=O)O)NC(=O)c2cc(CC[C@H](C)O)nc(-c3ccccc3)n2)CC1. The van der Waals surface area contributed by atoms with E-state index in [1.165, 1.54) is 16.0 Å². The maximum absolute atomic E-state index is 13.3. The van der Waals surface area contributed by atoms with Crippen molar-refractivity contribution in [2.75, 3.05) is 32.8 Å². The van der Waals surface area contributed by atoms with Gasteiger partial charge in [0.1, 0.15) is 11.7 Å². The Morgan fingerprint density at radius 1 is 1.05 bits per heavy atom. The molecule has 3 rings (SSSR count). The first kappa shape index (κ1) is 30.4. The Kier molecular flexibility index (Phi) is 11.3. The molecule has 3 N–H and O–H groups in total. The molecule has 1 fully saturated rings. The van der Waals surface area contributed by atoms with E-state index in [0.717, 1.165) is 0 Å². The van der Waals surface area contributed by atoms with Gasteiger partial charge in [-0.25, -0.2) is 14.8 Å². The van der Waals surface area contributed by atoms with Crippen molar-refractivity contribution in [3.05, 3.63) is 47.8 Å². The number of benzene rings is 1. The van der Waals surface area contributed by atoms with Crippen LogP contribution in [0.3, 0.4) is 0 Å². The van der Waals surface area contributed by atoms with Crippen LogP contribution in [0.1, 0.15) is 49.3 Å². The molecule has 0 spiro atoms. The Bertz CT molecular complexity index is 1170. The van der Waals surface area contributed by atoms with Crippen LogP contribution in [0, 0.1) is 0 Å². The van der Waals surface area contributed by atoms with Gasteiger partial charge in [0.15, 0.2) is 5.82 Å². The van der Waals surface area contributed by atoms with Crippen molar-refractivity contribution in [1.82, 2.24) is 25.2 Å². The number of aliphatic hydroxyl groups is 1. The third kappa shape index (κ3) is 9.27. The highest BCUT2D eigenvalue weighted by atomic mass is 16.8. The van der Waals surface area contributed by atoms with Crippen LogP contribution in [0.25, 0.3) is 11.4 Å². The smallest absolute Gasteiger partial charge is 0.481 e. The summed E-state index contributed by atoms with van der Waals surface area (Å²) in [6.07, 6.45) is -1.01. The molecule has 13 nitrogen and oxygen atoms in total. The third-order valence-electron chi connectivity index (χ3n) is 6.13. The molecule has 1 aliphatic heterocycles. The van der Waals surface area contributed by atoms with Gasteiger partial charge < -0.3 is 30.0 Å². The van der Waals surface area contributed by atoms with Crippen LogP contribution in [0.15, 0.2) is 36.4 Å². The number of hydrogen-bond acceptors (Lipinski definition) is 10. The average Bonchev–Trinajstić information content (AvgIpc) is 2.94. The number of carboxylic acid groups (broad SMARTS) is 1. The number of piperazine rings is 1. The van der Waals surface area contributed by atoms with E-state index in [1.807, 2.05) is 18.2 Å². The van der Waals surface area contributed by atoms with E-state index in [4.69, 9.17) is 9.57 Å². The summed E-state index contributed by atoms with van der Waals surface area (Å²) in [5.74, 6) is -1.88. The molecule has 1 saturated heterocycles. The maximum atomic E-state index is 13.3. The number of rotatable bonds is 12. The second-order valence-electron chi connectivity index (χ2n) is 9.31. The Hall–Kier alpha value is -4.10. The minimum atomic E-state index is -1.11. The predicted molar refractivity (Wildman–Crippen MR) is 142 cm³/mol. The zero-order valence-corrected chi connectivity index (χ0v) is 22.6. The zero-order valence-electron chi connectivity index (χ0n) is 22.6. The van der Waals surface area contributed by atoms with E-state index < -0.39 is 36.1 Å². The number of carbonyl (C=O) groups excluding carboxylic acids is 3. The van der Waals surface area contributed by atoms with Gasteiger partial charge in [0.25, 0.3) is 5.91 Å². The number of carboxylic acids is 1. The van der Waals surface area contributed by atoms with Crippen LogP contribution >= 0.6 is 0 Å². The molecule has 1 unspecified atom stereocenters. The summed E-state index contributed by atoms with van der Waals surface area (Å²) in [4.78, 5) is 65.0. The van der Waals surface area contributed by atoms with E-state index in [2.05, 4.69) is 15.3 Å². The molecule has 0 radical (unpaired) electrons. The molecule has 216 valence electrons. The van der Waals surface area contributed by atoms with Crippen molar-refractivity contribution in [1.29, 1.82) is 0 Å². The van der Waals surface area contributed by atoms with E-state index in [1.54, 1.807) is 26.0 Å². The number of carbonyl (C=O) groups is 4. The van der Waals surface area contributed by atoms with Gasteiger partial charge in [-0.15, -0.1) is 5.06 Å². The summed E-state index contributed by atoms with van der Waals surface area (Å²) in [7, 11) is 0. The molecule has 2 aromatic rings. The molecular weight excluding hydrogens is 522 g/mol. The molecule has 13 heteroatoms. The molecule has 2 amide bonds. The number of aryl methyl sites for hydroxylation is 1. The van der Waals surface area contributed by atoms with E-state index in [-0.39, 0.29) is 51.3 Å². The normalized spacial score (nSPS) is 15.1. The van der Waals surface area contributed by atoms with Gasteiger partial charge in [0.2, 0.25) is 5.91 Å². The lowest BCUT2D eigenvalue weighted by Gasteiger charge is -2.35. The van der Waals surface area contributed by atoms with Crippen LogP contribution in [-0.2, 0) is 25.6 Å². The summed E-state index contributed by atoms with van der Waals surface area (Å²) < 4.78 is 4.76. The number of aromatic nitrogens is 2. The van der Waals surface area contributed by atoms with Gasteiger partial charge in [-0.2, -0.15) is 0 Å². The first-order valence-electron chi connectivity index (χ1n) is 13.2. The number of aliphatic hydroxyl groups excluding tert-OH is 1. The first-order valence-corrected chi connectivity index (χ1v) is 13.2. The summed E-state index contributed by atoms with van der Waals surface area (Å²) >= 11 is 0. The lowest BCUT2D eigenvalue weighted by molar-refractivity contribution is -0.157. The second-order valence-corrected chi connectivity index (χ2v) is 9.31. The summed E-state index contributed by atoms with van der Waals surface area (Å²) in [6, 6.07) is 9.49. The lowest BCUT2D eigenvalue weighted by Crippen LogP contribution is -2.55. The highest BCUT2D eigenvalue weighted by molar-refractivity contribution is 5.96. The van der Waals surface area contributed by atoms with Gasteiger partial charge in [0.05, 0.1) is 25.8 Å². The molecule has 1 aromatic heterocycles. The fraction of sp³-hybridized carbons (Fsp3) is 0.481. The molecule has 0 saturated carbocycles. The summed E-state index contributed by atoms with van der Waals surface area (Å²) in [5, 5.41) is 23.0. The maximum Gasteiger partial charge on any atom is 0.527 e. The quantitative estimate of drug-likeness (QED) is 0.324. The Morgan fingerprint density at radius 3 is 2.38 bits per heavy atom. The number of nitrogens with zero attached hydrogens (tertiary/aromatic N) is 4. The zero-order chi connectivity index (χ0) is 29.1. The predicted octanol–water partition coefficient (Wildman–Crippen LogP) is 1.65. The van der Waals surface area contributed by atoms with E-state index >= 15 is 0 Å². The number of nitrogens with one attached hydrogen (secondary N) is 1. The first-order chi connectivity index (χ1) is 19.2. The van der Waals surface area contributed by atoms with Crippen LogP contribution in [0.4, 0.5) is 4.79 Å². The van der Waals surface area contributed by atoms with Crippen molar-refractivity contribution in [3.63, 3.8) is 0 Å². The molecule has 0 aliphatic carbocycles. The highest BCUT2D eigenvalue weighted by Crippen LogP contribution is 2.17. The molecular formula is C27H35N5O8. The Labute approximate surface area is 232 Å². The highest BCUT2D eigenvalue weighted by Gasteiger charge is 2.31. The summed E-state index contributed by atoms with van der Waals surface area (Å²) in [6.45, 7) is 4.34. The lowest BCUT2D eigenvalue weighted by atomic mass is 10.1. The standard InChI is InChI=1S/C27H35N5O8/c1-3-39-27(38)40-32-15-13-31(14-16-32)26(37)21(11-12-23(34)35)30-25(36)22-17-20(10-9-18(2)33)28-24(29-22)19-7-5-4-6-8-19/h4-8,17-18,21,33H,3,9-16H2,1-2H3,(H,30,36)(H,34,35)/t18-,21?/m0/s1. The van der Waals surface area contributed by atoms with E-state index in [9.17, 15) is 29.4 Å². The third-order valence-corrected chi connectivity index (χ3v) is 6.13. The number of aliphatic carboxylic acids is 1. The molecule has 1 aliphatic rings. The van der Waals surface area contributed by atoms with Crippen molar-refractivity contribution in [3.8, 4) is 11.4 Å². The Balaban J connectivity index is 1.76. The van der Waals surface area contributed by atoms with Gasteiger partial charge in [-0.3, -0.25) is 14.4 Å². The number of hydroxylamine groups is 2.